The second kappa shape index (κ2) is 6.25. The normalized spacial score (nSPS) is 30.7. The van der Waals surface area contributed by atoms with E-state index >= 15 is 0 Å². The molecule has 2 atom stereocenters. The Kier molecular flexibility index (Phi) is 4.71. The smallest absolute Gasteiger partial charge is 0.335 e. The van der Waals surface area contributed by atoms with Crippen LogP contribution in [0.2, 0.25) is 0 Å². The van der Waals surface area contributed by atoms with Crippen LogP contribution in [0.25, 0.3) is 0 Å². The predicted molar refractivity (Wildman–Crippen MR) is 79.0 cm³/mol. The van der Waals surface area contributed by atoms with Crippen LogP contribution in [-0.2, 0) is 4.79 Å². The van der Waals surface area contributed by atoms with Crippen molar-refractivity contribution >= 4 is 17.6 Å². The third kappa shape index (κ3) is 3.67. The average molecular weight is 325 g/mol. The monoisotopic (exact) mass is 325 g/mol. The first-order valence-electron chi connectivity index (χ1n) is 7.05. The van der Waals surface area contributed by atoms with Crippen molar-refractivity contribution in [3.63, 3.8) is 0 Å². The standard InChI is InChI=1S/C15H19NO7/c1-7-2-8(13(20)21)4-9(3-7)16-14(22)15(23)5-10(17)12(19)11(18)6-15/h2-4,10-12,17-19,23H,5-6H2,1H3,(H,16,22)(H,20,21)/t10-,11-,12?,15?/m1/s1. The molecule has 0 saturated heterocycles. The second-order valence-corrected chi connectivity index (χ2v) is 5.91. The van der Waals surface area contributed by atoms with Gasteiger partial charge in [-0.3, -0.25) is 4.79 Å². The van der Waals surface area contributed by atoms with E-state index in [4.69, 9.17) is 5.11 Å². The summed E-state index contributed by atoms with van der Waals surface area (Å²) in [5, 5.41) is 50.5. The molecule has 1 saturated carbocycles. The number of anilines is 1. The highest BCUT2D eigenvalue weighted by Crippen LogP contribution is 2.30. The minimum absolute atomic E-state index is 0.0218. The van der Waals surface area contributed by atoms with Gasteiger partial charge in [-0.15, -0.1) is 0 Å². The van der Waals surface area contributed by atoms with Crippen LogP contribution >= 0.6 is 0 Å². The largest absolute Gasteiger partial charge is 0.478 e. The van der Waals surface area contributed by atoms with Crippen LogP contribution in [0, 0.1) is 6.92 Å². The molecule has 0 aliphatic heterocycles. The maximum Gasteiger partial charge on any atom is 0.335 e. The number of carbonyl (C=O) groups excluding carboxylic acids is 1. The third-order valence-electron chi connectivity index (χ3n) is 3.89. The highest BCUT2D eigenvalue weighted by molar-refractivity contribution is 5.98. The van der Waals surface area contributed by atoms with Gasteiger partial charge in [-0.1, -0.05) is 0 Å². The molecule has 8 heteroatoms. The van der Waals surface area contributed by atoms with Crippen molar-refractivity contribution in [1.29, 1.82) is 0 Å². The predicted octanol–water partition coefficient (Wildman–Crippen LogP) is -0.761. The Morgan fingerprint density at radius 1 is 1.13 bits per heavy atom. The topological polar surface area (TPSA) is 147 Å². The lowest BCUT2D eigenvalue weighted by Crippen LogP contribution is -2.57. The molecule has 0 unspecified atom stereocenters. The fraction of sp³-hybridized carbons (Fsp3) is 0.467. The van der Waals surface area contributed by atoms with Gasteiger partial charge in [-0.25, -0.2) is 4.79 Å². The number of aromatic carboxylic acids is 1. The molecule has 1 aliphatic carbocycles. The summed E-state index contributed by atoms with van der Waals surface area (Å²) in [4.78, 5) is 23.3. The zero-order valence-corrected chi connectivity index (χ0v) is 12.4. The number of aliphatic hydroxyl groups excluding tert-OH is 3. The third-order valence-corrected chi connectivity index (χ3v) is 3.89. The summed E-state index contributed by atoms with van der Waals surface area (Å²) in [6.45, 7) is 1.65. The molecule has 0 spiro atoms. The van der Waals surface area contributed by atoms with E-state index in [0.717, 1.165) is 0 Å². The van der Waals surface area contributed by atoms with Gasteiger partial charge in [0.25, 0.3) is 5.91 Å². The quantitative estimate of drug-likeness (QED) is 0.428. The molecule has 1 aromatic carbocycles. The summed E-state index contributed by atoms with van der Waals surface area (Å²) in [7, 11) is 0. The zero-order chi connectivity index (χ0) is 17.4. The molecule has 1 amide bonds. The lowest BCUT2D eigenvalue weighted by Gasteiger charge is -2.39. The van der Waals surface area contributed by atoms with Gasteiger partial charge in [0.2, 0.25) is 0 Å². The number of aryl methyl sites for hydroxylation is 1. The number of carboxylic acids is 1. The van der Waals surface area contributed by atoms with Gasteiger partial charge in [0.15, 0.2) is 0 Å². The van der Waals surface area contributed by atoms with Crippen LogP contribution in [0.1, 0.15) is 28.8 Å². The van der Waals surface area contributed by atoms with Crippen LogP contribution in [0.15, 0.2) is 18.2 Å². The van der Waals surface area contributed by atoms with Gasteiger partial charge in [-0.2, -0.15) is 0 Å². The highest BCUT2D eigenvalue weighted by Gasteiger charge is 2.48. The number of carbonyl (C=O) groups is 2. The van der Waals surface area contributed by atoms with Crippen molar-refractivity contribution in [2.24, 2.45) is 0 Å². The first-order chi connectivity index (χ1) is 10.6. The van der Waals surface area contributed by atoms with E-state index in [0.29, 0.717) is 5.56 Å². The van der Waals surface area contributed by atoms with Crippen LogP contribution in [0.4, 0.5) is 5.69 Å². The van der Waals surface area contributed by atoms with Crippen LogP contribution < -0.4 is 5.32 Å². The van der Waals surface area contributed by atoms with E-state index in [1.165, 1.54) is 18.2 Å². The van der Waals surface area contributed by atoms with Gasteiger partial charge < -0.3 is 30.8 Å². The maximum atomic E-state index is 12.3. The number of hydrogen-bond donors (Lipinski definition) is 6. The van der Waals surface area contributed by atoms with Gasteiger partial charge >= 0.3 is 5.97 Å². The Labute approximate surface area is 132 Å². The molecule has 2 rings (SSSR count). The van der Waals surface area contributed by atoms with Crippen molar-refractivity contribution in [2.75, 3.05) is 5.32 Å². The van der Waals surface area contributed by atoms with Gasteiger partial charge in [0.1, 0.15) is 11.7 Å². The summed E-state index contributed by atoms with van der Waals surface area (Å²) < 4.78 is 0. The molecule has 8 nitrogen and oxygen atoms in total. The van der Waals surface area contributed by atoms with Crippen molar-refractivity contribution in [2.45, 2.75) is 43.7 Å². The molecule has 1 aromatic rings. The fourth-order valence-electron chi connectivity index (χ4n) is 2.68. The first kappa shape index (κ1) is 17.4. The highest BCUT2D eigenvalue weighted by atomic mass is 16.4. The maximum absolute atomic E-state index is 12.3. The molecule has 1 aliphatic rings. The van der Waals surface area contributed by atoms with Crippen molar-refractivity contribution in [1.82, 2.24) is 0 Å². The minimum Gasteiger partial charge on any atom is -0.478 e. The van der Waals surface area contributed by atoms with E-state index < -0.39 is 48.6 Å². The molecule has 23 heavy (non-hydrogen) atoms. The average Bonchev–Trinajstić information content (AvgIpc) is 2.44. The summed E-state index contributed by atoms with van der Waals surface area (Å²) in [6.07, 6.45) is -5.19. The molecular weight excluding hydrogens is 306 g/mol. The number of amides is 1. The van der Waals surface area contributed by atoms with Gasteiger partial charge in [0, 0.05) is 18.5 Å². The molecule has 0 aromatic heterocycles. The number of aliphatic hydroxyl groups is 4. The van der Waals surface area contributed by atoms with Crippen molar-refractivity contribution in [3.8, 4) is 0 Å². The Hall–Kier alpha value is -2.00. The van der Waals surface area contributed by atoms with E-state index in [1.807, 2.05) is 0 Å². The summed E-state index contributed by atoms with van der Waals surface area (Å²) >= 11 is 0. The molecule has 126 valence electrons. The zero-order valence-electron chi connectivity index (χ0n) is 12.4. The van der Waals surface area contributed by atoms with Crippen LogP contribution in [-0.4, -0.2) is 61.3 Å². The molecule has 1 fully saturated rings. The number of hydrogen-bond acceptors (Lipinski definition) is 6. The van der Waals surface area contributed by atoms with Gasteiger partial charge in [0.05, 0.1) is 17.8 Å². The fourth-order valence-corrected chi connectivity index (χ4v) is 2.68. The lowest BCUT2D eigenvalue weighted by atomic mass is 9.79. The Bertz CT molecular complexity index is 618. The molecule has 0 heterocycles. The summed E-state index contributed by atoms with van der Waals surface area (Å²) in [5.41, 5.74) is -1.31. The van der Waals surface area contributed by atoms with Crippen molar-refractivity contribution < 1.29 is 35.1 Å². The SMILES string of the molecule is Cc1cc(NC(=O)C2(O)C[C@@H](O)C(O)[C@H](O)C2)cc(C(=O)O)c1. The molecule has 0 bridgehead atoms. The summed E-state index contributed by atoms with van der Waals surface area (Å²) in [6, 6.07) is 4.19. The number of rotatable bonds is 3. The van der Waals surface area contributed by atoms with E-state index in [-0.39, 0.29) is 11.3 Å². The Morgan fingerprint density at radius 3 is 2.22 bits per heavy atom. The number of nitrogens with one attached hydrogen (secondary N) is 1. The lowest BCUT2D eigenvalue weighted by molar-refractivity contribution is -0.168. The van der Waals surface area contributed by atoms with E-state index in [1.54, 1.807) is 6.92 Å². The second-order valence-electron chi connectivity index (χ2n) is 5.91. The number of benzene rings is 1. The Balaban J connectivity index is 2.20. The van der Waals surface area contributed by atoms with Crippen LogP contribution in [0.5, 0.6) is 0 Å². The number of carboxylic acid groups (broad SMARTS) is 1. The first-order valence-corrected chi connectivity index (χ1v) is 7.05. The van der Waals surface area contributed by atoms with E-state index in [9.17, 15) is 30.0 Å². The molecular formula is C15H19NO7. The van der Waals surface area contributed by atoms with E-state index in [2.05, 4.69) is 5.32 Å². The van der Waals surface area contributed by atoms with Crippen LogP contribution in [0.3, 0.4) is 0 Å². The van der Waals surface area contributed by atoms with Crippen molar-refractivity contribution in [3.05, 3.63) is 29.3 Å². The molecule has 6 N–H and O–H groups in total. The van der Waals surface area contributed by atoms with Gasteiger partial charge in [-0.05, 0) is 30.7 Å². The molecule has 0 radical (unpaired) electrons. The summed E-state index contributed by atoms with van der Waals surface area (Å²) in [5.74, 6) is -2.04. The Morgan fingerprint density at radius 2 is 1.70 bits per heavy atom. The minimum atomic E-state index is -2.06.